The number of aromatic nitrogens is 1. The third-order valence-corrected chi connectivity index (χ3v) is 1.47. The highest BCUT2D eigenvalue weighted by atomic mass is 16.6. The van der Waals surface area contributed by atoms with Gasteiger partial charge in [0.2, 0.25) is 0 Å². The maximum Gasteiger partial charge on any atom is 0.303 e. The summed E-state index contributed by atoms with van der Waals surface area (Å²) in [6, 6.07) is 0.740. The van der Waals surface area contributed by atoms with Crippen molar-refractivity contribution in [3.8, 4) is 0 Å². The van der Waals surface area contributed by atoms with Gasteiger partial charge in [-0.15, -0.1) is 0 Å². The Hall–Kier alpha value is -2.58. The molecule has 0 unspecified atom stereocenters. The van der Waals surface area contributed by atoms with Gasteiger partial charge in [-0.1, -0.05) is 5.16 Å². The van der Waals surface area contributed by atoms with Crippen LogP contribution in [0, 0.1) is 20.2 Å². The van der Waals surface area contributed by atoms with E-state index in [2.05, 4.69) is 10.1 Å². The number of nitro groups is 2. The molecule has 0 fully saturated rings. The van der Waals surface area contributed by atoms with Gasteiger partial charge in [0.1, 0.15) is 6.20 Å². The molecule has 0 amide bonds. The summed E-state index contributed by atoms with van der Waals surface area (Å²) >= 11 is 0. The summed E-state index contributed by atoms with van der Waals surface area (Å²) in [6.07, 6.45) is 1.56. The van der Waals surface area contributed by atoms with Gasteiger partial charge >= 0.3 is 5.69 Å². The number of hydrogen-bond donors (Lipinski definition) is 1. The highest BCUT2D eigenvalue weighted by Crippen LogP contribution is 2.20. The lowest BCUT2D eigenvalue weighted by atomic mass is 10.3. The van der Waals surface area contributed by atoms with E-state index in [-0.39, 0.29) is 5.69 Å². The molecule has 15 heavy (non-hydrogen) atoms. The molecule has 1 aromatic heterocycles. The predicted octanol–water partition coefficient (Wildman–Crippen LogP) is 0.706. The fourth-order valence-electron chi connectivity index (χ4n) is 0.853. The topological polar surface area (TPSA) is 132 Å². The van der Waals surface area contributed by atoms with Crippen LogP contribution < -0.4 is 0 Å². The average Bonchev–Trinajstić information content (AvgIpc) is 2.18. The summed E-state index contributed by atoms with van der Waals surface area (Å²) in [5.74, 6) is 0. The number of pyridine rings is 1. The molecule has 1 rings (SSSR count). The molecule has 0 radical (unpaired) electrons. The van der Waals surface area contributed by atoms with E-state index >= 15 is 0 Å². The minimum atomic E-state index is -0.850. The van der Waals surface area contributed by atoms with Gasteiger partial charge in [0.05, 0.1) is 22.1 Å². The van der Waals surface area contributed by atoms with Crippen molar-refractivity contribution in [1.82, 2.24) is 4.98 Å². The summed E-state index contributed by atoms with van der Waals surface area (Å²) in [5.41, 5.74) is -1.35. The van der Waals surface area contributed by atoms with E-state index in [9.17, 15) is 20.2 Å². The van der Waals surface area contributed by atoms with Crippen molar-refractivity contribution in [3.63, 3.8) is 0 Å². The molecule has 0 saturated carbocycles. The van der Waals surface area contributed by atoms with Crippen LogP contribution in [0.25, 0.3) is 0 Å². The SMILES string of the molecule is O=[N+]([O-])c1cnc(/C=N/O)c([N+](=O)[O-])c1. The fourth-order valence-corrected chi connectivity index (χ4v) is 0.853. The molecule has 1 N–H and O–H groups in total. The summed E-state index contributed by atoms with van der Waals surface area (Å²) in [7, 11) is 0. The highest BCUT2D eigenvalue weighted by molar-refractivity contribution is 5.82. The van der Waals surface area contributed by atoms with E-state index in [0.29, 0.717) is 0 Å². The Bertz CT molecular complexity index is 443. The number of nitrogens with zero attached hydrogens (tertiary/aromatic N) is 4. The third-order valence-electron chi connectivity index (χ3n) is 1.47. The molecule has 1 aromatic rings. The Kier molecular flexibility index (Phi) is 2.86. The molecule has 9 heteroatoms. The van der Waals surface area contributed by atoms with Gasteiger partial charge in [-0.3, -0.25) is 20.2 Å². The van der Waals surface area contributed by atoms with Gasteiger partial charge in [0.25, 0.3) is 5.69 Å². The van der Waals surface area contributed by atoms with Crippen LogP contribution >= 0.6 is 0 Å². The van der Waals surface area contributed by atoms with Gasteiger partial charge in [0.15, 0.2) is 5.69 Å². The number of rotatable bonds is 3. The van der Waals surface area contributed by atoms with E-state index in [0.717, 1.165) is 18.5 Å². The van der Waals surface area contributed by atoms with Crippen LogP contribution in [0.2, 0.25) is 0 Å². The van der Waals surface area contributed by atoms with E-state index in [1.165, 1.54) is 0 Å². The quantitative estimate of drug-likeness (QED) is 0.339. The van der Waals surface area contributed by atoms with E-state index in [4.69, 9.17) is 5.21 Å². The second kappa shape index (κ2) is 4.09. The largest absolute Gasteiger partial charge is 0.411 e. The Morgan fingerprint density at radius 1 is 1.40 bits per heavy atom. The van der Waals surface area contributed by atoms with Crippen molar-refractivity contribution < 1.29 is 15.1 Å². The first-order valence-corrected chi connectivity index (χ1v) is 3.52. The molecule has 1 heterocycles. The number of oxime groups is 1. The summed E-state index contributed by atoms with van der Waals surface area (Å²) < 4.78 is 0. The predicted molar refractivity (Wildman–Crippen MR) is 46.9 cm³/mol. The molecule has 0 atom stereocenters. The molecule has 78 valence electrons. The summed E-state index contributed by atoms with van der Waals surface area (Å²) in [5, 5.41) is 31.5. The van der Waals surface area contributed by atoms with Crippen molar-refractivity contribution in [2.24, 2.45) is 5.16 Å². The Morgan fingerprint density at radius 3 is 2.53 bits per heavy atom. The van der Waals surface area contributed by atoms with Crippen LogP contribution in [-0.2, 0) is 0 Å². The molecule has 0 saturated heterocycles. The van der Waals surface area contributed by atoms with Crippen molar-refractivity contribution in [3.05, 3.63) is 38.2 Å². The zero-order valence-corrected chi connectivity index (χ0v) is 7.10. The van der Waals surface area contributed by atoms with Gasteiger partial charge < -0.3 is 5.21 Å². The lowest BCUT2D eigenvalue weighted by Gasteiger charge is -1.95. The lowest BCUT2D eigenvalue weighted by molar-refractivity contribution is -0.394. The van der Waals surface area contributed by atoms with Crippen LogP contribution in [0.3, 0.4) is 0 Å². The first-order chi connectivity index (χ1) is 7.06. The fraction of sp³-hybridized carbons (Fsp3) is 0. The molecule has 0 bridgehead atoms. The normalized spacial score (nSPS) is 10.4. The van der Waals surface area contributed by atoms with Crippen LogP contribution in [0.5, 0.6) is 0 Å². The highest BCUT2D eigenvalue weighted by Gasteiger charge is 2.19. The standard InChI is InChI=1S/C6H4N4O5/c11-8-3-5-6(10(14)15)1-4(2-7-5)9(12)13/h1-3,11H/b8-3+. The zero-order chi connectivity index (χ0) is 11.4. The second-order valence-corrected chi connectivity index (χ2v) is 2.36. The van der Waals surface area contributed by atoms with Crippen molar-refractivity contribution in [1.29, 1.82) is 0 Å². The molecule has 0 aliphatic heterocycles. The Labute approximate surface area is 82.0 Å². The minimum Gasteiger partial charge on any atom is -0.411 e. The molecular formula is C6H4N4O5. The van der Waals surface area contributed by atoms with Gasteiger partial charge in [-0.2, -0.15) is 0 Å². The summed E-state index contributed by atoms with van der Waals surface area (Å²) in [4.78, 5) is 22.5. The van der Waals surface area contributed by atoms with E-state index < -0.39 is 21.2 Å². The molecule has 0 aliphatic carbocycles. The minimum absolute atomic E-state index is 0.256. The monoisotopic (exact) mass is 212 g/mol. The van der Waals surface area contributed by atoms with Crippen molar-refractivity contribution in [2.45, 2.75) is 0 Å². The van der Waals surface area contributed by atoms with Gasteiger partial charge in [-0.25, -0.2) is 4.98 Å². The third kappa shape index (κ3) is 2.21. The number of hydrogen-bond acceptors (Lipinski definition) is 7. The van der Waals surface area contributed by atoms with Gasteiger partial charge in [-0.05, 0) is 0 Å². The maximum absolute atomic E-state index is 10.5. The molecule has 0 aliphatic rings. The average molecular weight is 212 g/mol. The van der Waals surface area contributed by atoms with Crippen molar-refractivity contribution in [2.75, 3.05) is 0 Å². The zero-order valence-electron chi connectivity index (χ0n) is 7.10. The maximum atomic E-state index is 10.5. The second-order valence-electron chi connectivity index (χ2n) is 2.36. The molecule has 9 nitrogen and oxygen atoms in total. The molecular weight excluding hydrogens is 208 g/mol. The van der Waals surface area contributed by atoms with E-state index in [1.54, 1.807) is 0 Å². The molecule has 0 aromatic carbocycles. The van der Waals surface area contributed by atoms with Gasteiger partial charge in [0, 0.05) is 0 Å². The Morgan fingerprint density at radius 2 is 2.07 bits per heavy atom. The van der Waals surface area contributed by atoms with E-state index in [1.807, 2.05) is 0 Å². The van der Waals surface area contributed by atoms with Crippen LogP contribution in [-0.4, -0.2) is 26.3 Å². The lowest BCUT2D eigenvalue weighted by Crippen LogP contribution is -2.00. The smallest absolute Gasteiger partial charge is 0.303 e. The first kappa shape index (κ1) is 10.5. The van der Waals surface area contributed by atoms with Crippen LogP contribution in [0.15, 0.2) is 17.4 Å². The van der Waals surface area contributed by atoms with Crippen LogP contribution in [0.1, 0.15) is 5.69 Å². The first-order valence-electron chi connectivity index (χ1n) is 3.52. The van der Waals surface area contributed by atoms with Crippen molar-refractivity contribution >= 4 is 17.6 Å². The summed E-state index contributed by atoms with van der Waals surface area (Å²) in [6.45, 7) is 0. The molecule has 0 spiro atoms. The Balaban J connectivity index is 3.33. The van der Waals surface area contributed by atoms with Crippen LogP contribution in [0.4, 0.5) is 11.4 Å².